The first-order valence-electron chi connectivity index (χ1n) is 7.06. The van der Waals surface area contributed by atoms with Gasteiger partial charge in [-0.15, -0.1) is 0 Å². The van der Waals surface area contributed by atoms with E-state index in [-0.39, 0.29) is 0 Å². The lowest BCUT2D eigenvalue weighted by atomic mass is 9.96. The van der Waals surface area contributed by atoms with Gasteiger partial charge in [-0.1, -0.05) is 62.6 Å². The van der Waals surface area contributed by atoms with Gasteiger partial charge in [0.05, 0.1) is 0 Å². The van der Waals surface area contributed by atoms with Gasteiger partial charge in [0.2, 0.25) is 0 Å². The highest BCUT2D eigenvalue weighted by atomic mass is 14.5. The molecule has 2 aromatic rings. The Labute approximate surface area is 110 Å². The number of unbranched alkanes of at least 4 members (excludes halogenated alkanes) is 3. The molecule has 0 spiro atoms. The zero-order valence-electron chi connectivity index (χ0n) is 11.3. The third-order valence-electron chi connectivity index (χ3n) is 3.62. The molecule has 96 valence electrons. The van der Waals surface area contributed by atoms with E-state index in [2.05, 4.69) is 43.3 Å². The lowest BCUT2D eigenvalue weighted by molar-refractivity contribution is 0.668. The molecule has 1 heteroatoms. The first-order chi connectivity index (χ1) is 8.86. The van der Waals surface area contributed by atoms with Crippen LogP contribution in [0.3, 0.4) is 0 Å². The minimum absolute atomic E-state index is 0.622. The van der Waals surface area contributed by atoms with Gasteiger partial charge < -0.3 is 5.73 Å². The van der Waals surface area contributed by atoms with Gasteiger partial charge in [-0.3, -0.25) is 0 Å². The Bertz CT molecular complexity index is 502. The summed E-state index contributed by atoms with van der Waals surface area (Å²) in [4.78, 5) is 0. The molecular weight excluding hydrogens is 218 g/mol. The van der Waals surface area contributed by atoms with Crippen molar-refractivity contribution in [2.75, 3.05) is 0 Å². The molecule has 0 radical (unpaired) electrons. The zero-order valence-corrected chi connectivity index (χ0v) is 11.3. The maximum Gasteiger partial charge on any atom is 0.0184 e. The van der Waals surface area contributed by atoms with Crippen molar-refractivity contribution in [2.45, 2.75) is 45.6 Å². The standard InChI is InChI=1S/C17H23N/c1-2-3-4-5-8-14-9-6-12-17-15(13-18)10-7-11-16(14)17/h6-7,9-12H,2-5,8,13,18H2,1H3. The third kappa shape index (κ3) is 2.91. The molecule has 1 nitrogen and oxygen atoms in total. The van der Waals surface area contributed by atoms with Gasteiger partial charge in [0.25, 0.3) is 0 Å². The van der Waals surface area contributed by atoms with Crippen molar-refractivity contribution < 1.29 is 0 Å². The highest BCUT2D eigenvalue weighted by Gasteiger charge is 2.03. The molecule has 0 bridgehead atoms. The van der Waals surface area contributed by atoms with Crippen LogP contribution in [-0.4, -0.2) is 0 Å². The van der Waals surface area contributed by atoms with Crippen LogP contribution in [0.2, 0.25) is 0 Å². The fourth-order valence-corrected chi connectivity index (χ4v) is 2.58. The van der Waals surface area contributed by atoms with E-state index in [1.165, 1.54) is 54.0 Å². The second kappa shape index (κ2) is 6.55. The number of hydrogen-bond acceptors (Lipinski definition) is 1. The largest absolute Gasteiger partial charge is 0.326 e. The van der Waals surface area contributed by atoms with E-state index >= 15 is 0 Å². The predicted octanol–water partition coefficient (Wildman–Crippen LogP) is 4.42. The molecule has 2 aromatic carbocycles. The summed E-state index contributed by atoms with van der Waals surface area (Å²) < 4.78 is 0. The Kier molecular flexibility index (Phi) is 4.77. The maximum atomic E-state index is 5.81. The van der Waals surface area contributed by atoms with E-state index in [4.69, 9.17) is 5.73 Å². The SMILES string of the molecule is CCCCCCc1cccc2c(CN)cccc12. The number of fused-ring (bicyclic) bond motifs is 1. The van der Waals surface area contributed by atoms with Crippen LogP contribution in [0.25, 0.3) is 10.8 Å². The number of rotatable bonds is 6. The Morgan fingerprint density at radius 3 is 2.17 bits per heavy atom. The molecule has 0 fully saturated rings. The van der Waals surface area contributed by atoms with Crippen molar-refractivity contribution in [1.82, 2.24) is 0 Å². The fourth-order valence-electron chi connectivity index (χ4n) is 2.58. The molecule has 0 aromatic heterocycles. The number of hydrogen-bond donors (Lipinski definition) is 1. The number of aryl methyl sites for hydroxylation is 1. The Morgan fingerprint density at radius 2 is 1.50 bits per heavy atom. The normalized spacial score (nSPS) is 11.0. The van der Waals surface area contributed by atoms with Gasteiger partial charge in [-0.05, 0) is 34.7 Å². The summed E-state index contributed by atoms with van der Waals surface area (Å²) >= 11 is 0. The minimum atomic E-state index is 0.622. The van der Waals surface area contributed by atoms with Crippen LogP contribution in [0, 0.1) is 0 Å². The van der Waals surface area contributed by atoms with Crippen LogP contribution < -0.4 is 5.73 Å². The van der Waals surface area contributed by atoms with E-state index < -0.39 is 0 Å². The van der Waals surface area contributed by atoms with Crippen LogP contribution in [-0.2, 0) is 13.0 Å². The highest BCUT2D eigenvalue weighted by Crippen LogP contribution is 2.23. The Hall–Kier alpha value is -1.34. The molecule has 2 rings (SSSR count). The van der Waals surface area contributed by atoms with Crippen LogP contribution in [0.5, 0.6) is 0 Å². The summed E-state index contributed by atoms with van der Waals surface area (Å²) in [6.45, 7) is 2.88. The molecule has 0 atom stereocenters. The molecule has 0 unspecified atom stereocenters. The Balaban J connectivity index is 2.23. The van der Waals surface area contributed by atoms with Crippen molar-refractivity contribution in [2.24, 2.45) is 5.73 Å². The third-order valence-corrected chi connectivity index (χ3v) is 3.62. The number of nitrogens with two attached hydrogens (primary N) is 1. The smallest absolute Gasteiger partial charge is 0.0184 e. The van der Waals surface area contributed by atoms with Crippen LogP contribution >= 0.6 is 0 Å². The lowest BCUT2D eigenvalue weighted by Gasteiger charge is -2.09. The van der Waals surface area contributed by atoms with Gasteiger partial charge in [0.15, 0.2) is 0 Å². The summed E-state index contributed by atoms with van der Waals surface area (Å²) in [6.07, 6.45) is 6.46. The highest BCUT2D eigenvalue weighted by molar-refractivity contribution is 5.88. The molecular formula is C17H23N. The second-order valence-corrected chi connectivity index (χ2v) is 4.94. The first kappa shape index (κ1) is 13.1. The molecule has 18 heavy (non-hydrogen) atoms. The summed E-state index contributed by atoms with van der Waals surface area (Å²) in [5.41, 5.74) is 8.53. The molecule has 0 aliphatic rings. The van der Waals surface area contributed by atoms with Crippen LogP contribution in [0.4, 0.5) is 0 Å². The molecule has 0 aliphatic carbocycles. The van der Waals surface area contributed by atoms with Gasteiger partial charge in [0.1, 0.15) is 0 Å². The topological polar surface area (TPSA) is 26.0 Å². The van der Waals surface area contributed by atoms with E-state index in [0.29, 0.717) is 6.54 Å². The quantitative estimate of drug-likeness (QED) is 0.744. The van der Waals surface area contributed by atoms with Crippen molar-refractivity contribution >= 4 is 10.8 Å². The van der Waals surface area contributed by atoms with Crippen LogP contribution in [0.1, 0.15) is 43.7 Å². The van der Waals surface area contributed by atoms with E-state index in [1.54, 1.807) is 0 Å². The molecule has 0 saturated carbocycles. The van der Waals surface area contributed by atoms with E-state index in [0.717, 1.165) is 0 Å². The Morgan fingerprint density at radius 1 is 0.833 bits per heavy atom. The molecule has 2 N–H and O–H groups in total. The molecule has 0 amide bonds. The van der Waals surface area contributed by atoms with Gasteiger partial charge >= 0.3 is 0 Å². The maximum absolute atomic E-state index is 5.81. The van der Waals surface area contributed by atoms with Crippen molar-refractivity contribution in [1.29, 1.82) is 0 Å². The van der Waals surface area contributed by atoms with Crippen LogP contribution in [0.15, 0.2) is 36.4 Å². The van der Waals surface area contributed by atoms with Gasteiger partial charge in [0, 0.05) is 6.54 Å². The summed E-state index contributed by atoms with van der Waals surface area (Å²) in [7, 11) is 0. The van der Waals surface area contributed by atoms with Crippen molar-refractivity contribution in [3.8, 4) is 0 Å². The summed E-state index contributed by atoms with van der Waals surface area (Å²) in [6, 6.07) is 13.1. The first-order valence-corrected chi connectivity index (χ1v) is 7.06. The fraction of sp³-hybridized carbons (Fsp3) is 0.412. The monoisotopic (exact) mass is 241 g/mol. The van der Waals surface area contributed by atoms with Crippen molar-refractivity contribution in [3.63, 3.8) is 0 Å². The second-order valence-electron chi connectivity index (χ2n) is 4.94. The zero-order chi connectivity index (χ0) is 12.8. The minimum Gasteiger partial charge on any atom is -0.326 e. The average Bonchev–Trinajstić information content (AvgIpc) is 2.43. The van der Waals surface area contributed by atoms with E-state index in [9.17, 15) is 0 Å². The summed E-state index contributed by atoms with van der Waals surface area (Å²) in [5, 5.41) is 2.71. The van der Waals surface area contributed by atoms with Gasteiger partial charge in [-0.2, -0.15) is 0 Å². The lowest BCUT2D eigenvalue weighted by Crippen LogP contribution is -1.98. The van der Waals surface area contributed by atoms with Crippen molar-refractivity contribution in [3.05, 3.63) is 47.5 Å². The number of benzene rings is 2. The van der Waals surface area contributed by atoms with Gasteiger partial charge in [-0.25, -0.2) is 0 Å². The average molecular weight is 241 g/mol. The molecule has 0 saturated heterocycles. The molecule has 0 heterocycles. The predicted molar refractivity (Wildman–Crippen MR) is 79.7 cm³/mol. The summed E-state index contributed by atoms with van der Waals surface area (Å²) in [5.74, 6) is 0. The van der Waals surface area contributed by atoms with E-state index in [1.807, 2.05) is 0 Å². The molecule has 0 aliphatic heterocycles.